The molecule has 1 rings (SSSR count). The van der Waals surface area contributed by atoms with Crippen LogP contribution in [0.15, 0.2) is 0 Å². The lowest BCUT2D eigenvalue weighted by Gasteiger charge is -2.33. The molecule has 0 aliphatic carbocycles. The van der Waals surface area contributed by atoms with Crippen LogP contribution in [-0.4, -0.2) is 91.1 Å². The first kappa shape index (κ1) is 14.9. The largest absolute Gasteiger partial charge is 0.480 e. The van der Waals surface area contributed by atoms with E-state index in [1.54, 1.807) is 4.90 Å². The highest BCUT2D eigenvalue weighted by atomic mass is 16.4. The van der Waals surface area contributed by atoms with E-state index in [4.69, 9.17) is 10.8 Å². The van der Waals surface area contributed by atoms with E-state index in [9.17, 15) is 9.59 Å². The highest BCUT2D eigenvalue weighted by molar-refractivity contribution is 5.77. The fourth-order valence-electron chi connectivity index (χ4n) is 1.98. The fourth-order valence-corrected chi connectivity index (χ4v) is 1.98. The SMILES string of the molecule is CN1CCN(CCN(CC(N)=O)CC(=O)O)CC1. The molecule has 0 aromatic carbocycles. The first-order valence-corrected chi connectivity index (χ1v) is 6.10. The van der Waals surface area contributed by atoms with Gasteiger partial charge < -0.3 is 15.7 Å². The molecule has 0 saturated carbocycles. The quantitative estimate of drug-likeness (QED) is 0.555. The van der Waals surface area contributed by atoms with Gasteiger partial charge in [-0.05, 0) is 7.05 Å². The normalized spacial score (nSPS) is 18.1. The number of primary amides is 1. The van der Waals surface area contributed by atoms with Crippen molar-refractivity contribution >= 4 is 11.9 Å². The summed E-state index contributed by atoms with van der Waals surface area (Å²) in [5.41, 5.74) is 5.10. The number of amides is 1. The second-order valence-corrected chi connectivity index (χ2v) is 4.72. The maximum Gasteiger partial charge on any atom is 0.317 e. The molecule has 0 bridgehead atoms. The first-order valence-electron chi connectivity index (χ1n) is 6.10. The Morgan fingerprint density at radius 1 is 1.22 bits per heavy atom. The Kier molecular flexibility index (Phi) is 6.03. The van der Waals surface area contributed by atoms with E-state index in [0.717, 1.165) is 32.7 Å². The summed E-state index contributed by atoms with van der Waals surface area (Å²) in [5, 5.41) is 8.75. The van der Waals surface area contributed by atoms with E-state index >= 15 is 0 Å². The first-order chi connectivity index (χ1) is 8.47. The van der Waals surface area contributed by atoms with Gasteiger partial charge >= 0.3 is 5.97 Å². The average molecular weight is 258 g/mol. The Bertz CT molecular complexity index is 274. The molecule has 1 amide bonds. The van der Waals surface area contributed by atoms with Crippen LogP contribution in [0.3, 0.4) is 0 Å². The van der Waals surface area contributed by atoms with Crippen LogP contribution in [0.1, 0.15) is 0 Å². The molecule has 0 aromatic heterocycles. The summed E-state index contributed by atoms with van der Waals surface area (Å²) in [7, 11) is 2.08. The molecular formula is C11H22N4O3. The van der Waals surface area contributed by atoms with Crippen molar-refractivity contribution in [2.24, 2.45) is 5.73 Å². The number of aliphatic carboxylic acids is 1. The van der Waals surface area contributed by atoms with Gasteiger partial charge in [0, 0.05) is 39.3 Å². The third-order valence-corrected chi connectivity index (χ3v) is 3.07. The number of likely N-dealkylation sites (N-methyl/N-ethyl adjacent to an activating group) is 1. The van der Waals surface area contributed by atoms with Gasteiger partial charge in [-0.1, -0.05) is 0 Å². The number of carboxylic acids is 1. The molecular weight excluding hydrogens is 236 g/mol. The molecule has 1 saturated heterocycles. The van der Waals surface area contributed by atoms with E-state index in [1.165, 1.54) is 0 Å². The van der Waals surface area contributed by atoms with Gasteiger partial charge in [-0.3, -0.25) is 19.4 Å². The van der Waals surface area contributed by atoms with Crippen LogP contribution in [0.25, 0.3) is 0 Å². The van der Waals surface area contributed by atoms with Crippen molar-refractivity contribution in [3.8, 4) is 0 Å². The third kappa shape index (κ3) is 5.95. The van der Waals surface area contributed by atoms with Crippen LogP contribution in [0.5, 0.6) is 0 Å². The maximum absolute atomic E-state index is 10.9. The molecule has 3 N–H and O–H groups in total. The molecule has 0 spiro atoms. The summed E-state index contributed by atoms with van der Waals surface area (Å²) in [6.07, 6.45) is 0. The Hall–Kier alpha value is -1.18. The van der Waals surface area contributed by atoms with Crippen molar-refractivity contribution < 1.29 is 14.7 Å². The zero-order chi connectivity index (χ0) is 13.5. The number of nitrogens with zero attached hydrogens (tertiary/aromatic N) is 3. The molecule has 7 nitrogen and oxygen atoms in total. The minimum Gasteiger partial charge on any atom is -0.480 e. The Balaban J connectivity index is 2.31. The molecule has 0 atom stereocenters. The lowest BCUT2D eigenvalue weighted by molar-refractivity contribution is -0.138. The monoisotopic (exact) mass is 258 g/mol. The van der Waals surface area contributed by atoms with Crippen LogP contribution < -0.4 is 5.73 Å². The number of carbonyl (C=O) groups is 2. The predicted molar refractivity (Wildman–Crippen MR) is 67.2 cm³/mol. The third-order valence-electron chi connectivity index (χ3n) is 3.07. The van der Waals surface area contributed by atoms with Gasteiger partial charge in [-0.2, -0.15) is 0 Å². The van der Waals surface area contributed by atoms with Gasteiger partial charge in [0.15, 0.2) is 0 Å². The second kappa shape index (κ2) is 7.30. The van der Waals surface area contributed by atoms with Crippen LogP contribution in [0, 0.1) is 0 Å². The summed E-state index contributed by atoms with van der Waals surface area (Å²) in [5.74, 6) is -1.43. The standard InChI is InChI=1S/C11H22N4O3/c1-13-2-4-14(5-3-13)6-7-15(8-10(12)16)9-11(17)18/h2-9H2,1H3,(H2,12,16)(H,17,18). The topological polar surface area (TPSA) is 90.1 Å². The van der Waals surface area contributed by atoms with Crippen LogP contribution in [0.2, 0.25) is 0 Å². The van der Waals surface area contributed by atoms with Crippen molar-refractivity contribution in [1.82, 2.24) is 14.7 Å². The summed E-state index contributed by atoms with van der Waals surface area (Å²) in [4.78, 5) is 27.6. The van der Waals surface area contributed by atoms with Gasteiger partial charge in [0.25, 0.3) is 0 Å². The number of nitrogens with two attached hydrogens (primary N) is 1. The van der Waals surface area contributed by atoms with Crippen molar-refractivity contribution in [2.75, 3.05) is 59.4 Å². The number of hydrogen-bond acceptors (Lipinski definition) is 5. The van der Waals surface area contributed by atoms with E-state index in [-0.39, 0.29) is 13.1 Å². The van der Waals surface area contributed by atoms with Gasteiger partial charge in [0.1, 0.15) is 0 Å². The van der Waals surface area contributed by atoms with Crippen molar-refractivity contribution in [3.05, 3.63) is 0 Å². The summed E-state index contributed by atoms with van der Waals surface area (Å²) < 4.78 is 0. The second-order valence-electron chi connectivity index (χ2n) is 4.72. The minimum atomic E-state index is -0.936. The van der Waals surface area contributed by atoms with Gasteiger partial charge in [0.2, 0.25) is 5.91 Å². The maximum atomic E-state index is 10.9. The Labute approximate surface area is 107 Å². The Morgan fingerprint density at radius 2 is 1.83 bits per heavy atom. The average Bonchev–Trinajstić information content (AvgIpc) is 2.26. The van der Waals surface area contributed by atoms with Gasteiger partial charge in [0.05, 0.1) is 13.1 Å². The highest BCUT2D eigenvalue weighted by Gasteiger charge is 2.17. The summed E-state index contributed by atoms with van der Waals surface area (Å²) >= 11 is 0. The van der Waals surface area contributed by atoms with E-state index in [0.29, 0.717) is 6.54 Å². The van der Waals surface area contributed by atoms with Crippen molar-refractivity contribution in [3.63, 3.8) is 0 Å². The van der Waals surface area contributed by atoms with Crippen molar-refractivity contribution in [1.29, 1.82) is 0 Å². The number of carboxylic acid groups (broad SMARTS) is 1. The molecule has 0 radical (unpaired) electrons. The zero-order valence-electron chi connectivity index (χ0n) is 10.8. The molecule has 1 heterocycles. The smallest absolute Gasteiger partial charge is 0.317 e. The van der Waals surface area contributed by atoms with Crippen LogP contribution >= 0.6 is 0 Å². The number of rotatable bonds is 7. The highest BCUT2D eigenvalue weighted by Crippen LogP contribution is 1.99. The molecule has 18 heavy (non-hydrogen) atoms. The molecule has 1 fully saturated rings. The number of carbonyl (C=O) groups excluding carboxylic acids is 1. The van der Waals surface area contributed by atoms with Gasteiger partial charge in [-0.25, -0.2) is 0 Å². The summed E-state index contributed by atoms with van der Waals surface area (Å²) in [6, 6.07) is 0. The molecule has 1 aliphatic rings. The zero-order valence-corrected chi connectivity index (χ0v) is 10.8. The lowest BCUT2D eigenvalue weighted by Crippen LogP contribution is -2.48. The minimum absolute atomic E-state index is 0.0000424. The summed E-state index contributed by atoms with van der Waals surface area (Å²) in [6.45, 7) is 5.19. The molecule has 104 valence electrons. The van der Waals surface area contributed by atoms with E-state index in [2.05, 4.69) is 16.8 Å². The van der Waals surface area contributed by atoms with E-state index in [1.807, 2.05) is 0 Å². The molecule has 1 aliphatic heterocycles. The van der Waals surface area contributed by atoms with Crippen molar-refractivity contribution in [2.45, 2.75) is 0 Å². The van der Waals surface area contributed by atoms with Crippen LogP contribution in [-0.2, 0) is 9.59 Å². The van der Waals surface area contributed by atoms with Gasteiger partial charge in [-0.15, -0.1) is 0 Å². The number of piperazine rings is 1. The molecule has 0 unspecified atom stereocenters. The lowest BCUT2D eigenvalue weighted by atomic mass is 10.3. The van der Waals surface area contributed by atoms with E-state index < -0.39 is 11.9 Å². The predicted octanol–water partition coefficient (Wildman–Crippen LogP) is -1.89. The van der Waals surface area contributed by atoms with Crippen LogP contribution in [0.4, 0.5) is 0 Å². The molecule has 0 aromatic rings. The fraction of sp³-hybridized carbons (Fsp3) is 0.818. The number of hydrogen-bond donors (Lipinski definition) is 2. The molecule has 7 heteroatoms. The Morgan fingerprint density at radius 3 is 2.33 bits per heavy atom.